The summed E-state index contributed by atoms with van der Waals surface area (Å²) in [6.45, 7) is 4.33. The normalized spacial score (nSPS) is 14.4. The number of rotatable bonds is 7. The smallest absolute Gasteiger partial charge is 0.416 e. The lowest BCUT2D eigenvalue weighted by molar-refractivity contribution is -0.137. The van der Waals surface area contributed by atoms with Gasteiger partial charge in [0.1, 0.15) is 5.75 Å². The predicted molar refractivity (Wildman–Crippen MR) is 134 cm³/mol. The molecule has 1 saturated heterocycles. The van der Waals surface area contributed by atoms with Gasteiger partial charge in [-0.25, -0.2) is 8.42 Å². The van der Waals surface area contributed by atoms with E-state index in [4.69, 9.17) is 4.74 Å². The van der Waals surface area contributed by atoms with Crippen molar-refractivity contribution in [1.82, 2.24) is 4.90 Å². The van der Waals surface area contributed by atoms with Gasteiger partial charge in [-0.2, -0.15) is 13.2 Å². The fraction of sp³-hybridized carbons (Fsp3) is 0.269. The molecular weight excluding hydrogens is 507 g/mol. The first kappa shape index (κ1) is 26.3. The first-order valence-electron chi connectivity index (χ1n) is 11.7. The number of benzene rings is 3. The average Bonchev–Trinajstić information content (AvgIpc) is 2.89. The Hall–Kier alpha value is -3.73. The molecule has 1 fully saturated rings. The molecule has 0 radical (unpaired) electrons. The topological polar surface area (TPSA) is 79.0 Å². The maximum atomic E-state index is 13.3. The van der Waals surface area contributed by atoms with Gasteiger partial charge in [-0.05, 0) is 49.4 Å². The number of halogens is 3. The molecule has 0 bridgehead atoms. The van der Waals surface area contributed by atoms with Gasteiger partial charge in [0.25, 0.3) is 15.9 Å². The van der Waals surface area contributed by atoms with Gasteiger partial charge in [0.2, 0.25) is 0 Å². The van der Waals surface area contributed by atoms with E-state index in [9.17, 15) is 26.4 Å². The zero-order valence-electron chi connectivity index (χ0n) is 20.0. The summed E-state index contributed by atoms with van der Waals surface area (Å²) in [7, 11) is -4.38. The highest BCUT2D eigenvalue weighted by molar-refractivity contribution is 7.92. The van der Waals surface area contributed by atoms with Crippen LogP contribution in [0.1, 0.15) is 22.8 Å². The van der Waals surface area contributed by atoms with Crippen molar-refractivity contribution < 1.29 is 31.1 Å². The lowest BCUT2D eigenvalue weighted by atomic mass is 10.1. The van der Waals surface area contributed by atoms with Gasteiger partial charge in [-0.3, -0.25) is 9.52 Å². The molecule has 0 saturated carbocycles. The maximum Gasteiger partial charge on any atom is 0.416 e. The first-order chi connectivity index (χ1) is 17.6. The Bertz CT molecular complexity index is 1370. The van der Waals surface area contributed by atoms with E-state index in [-0.39, 0.29) is 17.2 Å². The minimum absolute atomic E-state index is 0.00553. The number of para-hydroxylation sites is 3. The highest BCUT2D eigenvalue weighted by atomic mass is 32.2. The van der Waals surface area contributed by atoms with Crippen LogP contribution in [0.15, 0.2) is 77.7 Å². The highest BCUT2D eigenvalue weighted by Crippen LogP contribution is 2.32. The van der Waals surface area contributed by atoms with Crippen molar-refractivity contribution in [3.8, 4) is 5.75 Å². The monoisotopic (exact) mass is 533 g/mol. The Morgan fingerprint density at radius 1 is 0.946 bits per heavy atom. The Morgan fingerprint density at radius 2 is 1.62 bits per heavy atom. The molecule has 7 nitrogen and oxygen atoms in total. The van der Waals surface area contributed by atoms with E-state index in [2.05, 4.69) is 9.62 Å². The van der Waals surface area contributed by atoms with Crippen molar-refractivity contribution in [3.05, 3.63) is 83.9 Å². The lowest BCUT2D eigenvalue weighted by Gasteiger charge is -2.37. The second-order valence-corrected chi connectivity index (χ2v) is 10.0. The van der Waals surface area contributed by atoms with E-state index in [0.29, 0.717) is 38.9 Å². The van der Waals surface area contributed by atoms with Crippen LogP contribution in [0.4, 0.5) is 24.5 Å². The summed E-state index contributed by atoms with van der Waals surface area (Å²) in [5.74, 6) is 0.388. The lowest BCUT2D eigenvalue weighted by Crippen LogP contribution is -2.49. The van der Waals surface area contributed by atoms with Crippen LogP contribution in [0.25, 0.3) is 0 Å². The molecule has 0 spiro atoms. The predicted octanol–water partition coefficient (Wildman–Crippen LogP) is 4.87. The van der Waals surface area contributed by atoms with E-state index in [1.165, 1.54) is 12.1 Å². The molecule has 3 aromatic carbocycles. The molecule has 1 aliphatic rings. The number of alkyl halides is 3. The van der Waals surface area contributed by atoms with Crippen molar-refractivity contribution in [2.45, 2.75) is 18.0 Å². The number of anilines is 2. The third-order valence-electron chi connectivity index (χ3n) is 5.95. The zero-order valence-corrected chi connectivity index (χ0v) is 20.8. The summed E-state index contributed by atoms with van der Waals surface area (Å²) in [5, 5.41) is 0. The summed E-state index contributed by atoms with van der Waals surface area (Å²) in [5.41, 5.74) is -0.0375. The fourth-order valence-electron chi connectivity index (χ4n) is 4.12. The van der Waals surface area contributed by atoms with E-state index in [1.807, 2.05) is 31.2 Å². The number of nitrogens with one attached hydrogen (secondary N) is 1. The quantitative estimate of drug-likeness (QED) is 0.469. The van der Waals surface area contributed by atoms with Gasteiger partial charge in [-0.1, -0.05) is 30.3 Å². The number of hydrogen-bond donors (Lipinski definition) is 1. The van der Waals surface area contributed by atoms with Crippen molar-refractivity contribution in [2.24, 2.45) is 0 Å². The van der Waals surface area contributed by atoms with Crippen molar-refractivity contribution >= 4 is 27.3 Å². The van der Waals surface area contributed by atoms with Gasteiger partial charge in [0.05, 0.1) is 34.0 Å². The molecule has 0 aromatic heterocycles. The molecule has 4 rings (SSSR count). The Balaban J connectivity index is 1.50. The van der Waals surface area contributed by atoms with Crippen LogP contribution in [0, 0.1) is 0 Å². The van der Waals surface area contributed by atoms with Crippen LogP contribution in [0.5, 0.6) is 5.75 Å². The van der Waals surface area contributed by atoms with E-state index in [1.54, 1.807) is 17.0 Å². The summed E-state index contributed by atoms with van der Waals surface area (Å²) >= 11 is 0. The third kappa shape index (κ3) is 5.99. The standard InChI is InChI=1S/C26H26F3N3O4S/c1-2-36-24-13-6-5-12-23(24)31-14-16-32(17-15-31)25(33)21-10-3-4-11-22(21)30-37(34,35)20-9-7-8-19(18-20)26(27,28)29/h3-13,18,30H,2,14-17H2,1H3. The SMILES string of the molecule is CCOc1ccccc1N1CCN(C(=O)c2ccccc2NS(=O)(=O)c2cccc(C(F)(F)F)c2)CC1. The highest BCUT2D eigenvalue weighted by Gasteiger charge is 2.32. The molecule has 196 valence electrons. The Labute approximate surface area is 213 Å². The number of ether oxygens (including phenoxy) is 1. The summed E-state index contributed by atoms with van der Waals surface area (Å²) in [6, 6.07) is 17.2. The van der Waals surface area contributed by atoms with Gasteiger partial charge < -0.3 is 14.5 Å². The molecule has 0 atom stereocenters. The van der Waals surface area contributed by atoms with Crippen LogP contribution in [-0.2, 0) is 16.2 Å². The molecule has 11 heteroatoms. The van der Waals surface area contributed by atoms with Crippen LogP contribution < -0.4 is 14.4 Å². The molecule has 37 heavy (non-hydrogen) atoms. The third-order valence-corrected chi connectivity index (χ3v) is 7.31. The maximum absolute atomic E-state index is 13.3. The summed E-state index contributed by atoms with van der Waals surface area (Å²) in [4.78, 5) is 16.5. The number of sulfonamides is 1. The van der Waals surface area contributed by atoms with E-state index in [0.717, 1.165) is 29.6 Å². The molecule has 1 heterocycles. The number of carbonyl (C=O) groups is 1. The number of piperazine rings is 1. The molecule has 3 aromatic rings. The van der Waals surface area contributed by atoms with Gasteiger partial charge in [0.15, 0.2) is 0 Å². The van der Waals surface area contributed by atoms with Crippen LogP contribution >= 0.6 is 0 Å². The van der Waals surface area contributed by atoms with Gasteiger partial charge in [-0.15, -0.1) is 0 Å². The van der Waals surface area contributed by atoms with E-state index >= 15 is 0 Å². The zero-order chi connectivity index (χ0) is 26.6. The summed E-state index contributed by atoms with van der Waals surface area (Å²) < 4.78 is 73.0. The minimum Gasteiger partial charge on any atom is -0.492 e. The average molecular weight is 534 g/mol. The summed E-state index contributed by atoms with van der Waals surface area (Å²) in [6.07, 6.45) is -4.69. The molecule has 1 amide bonds. The fourth-order valence-corrected chi connectivity index (χ4v) is 5.24. The van der Waals surface area contributed by atoms with Crippen LogP contribution in [-0.4, -0.2) is 52.0 Å². The Kier molecular flexibility index (Phi) is 7.63. The van der Waals surface area contributed by atoms with Crippen LogP contribution in [0.2, 0.25) is 0 Å². The second kappa shape index (κ2) is 10.7. The van der Waals surface area contributed by atoms with Crippen molar-refractivity contribution in [1.29, 1.82) is 0 Å². The molecule has 0 aliphatic carbocycles. The van der Waals surface area contributed by atoms with Crippen molar-refractivity contribution in [2.75, 3.05) is 42.4 Å². The largest absolute Gasteiger partial charge is 0.492 e. The number of carbonyl (C=O) groups excluding carboxylic acids is 1. The van der Waals surface area contributed by atoms with Gasteiger partial charge >= 0.3 is 6.18 Å². The molecule has 0 unspecified atom stereocenters. The first-order valence-corrected chi connectivity index (χ1v) is 13.1. The number of hydrogen-bond acceptors (Lipinski definition) is 5. The van der Waals surface area contributed by atoms with Crippen LogP contribution in [0.3, 0.4) is 0 Å². The molecule has 1 N–H and O–H groups in total. The number of amides is 1. The second-order valence-electron chi connectivity index (χ2n) is 8.36. The van der Waals surface area contributed by atoms with Gasteiger partial charge in [0, 0.05) is 26.2 Å². The number of nitrogens with zero attached hydrogens (tertiary/aromatic N) is 2. The van der Waals surface area contributed by atoms with Crippen molar-refractivity contribution in [3.63, 3.8) is 0 Å². The Morgan fingerprint density at radius 3 is 2.32 bits per heavy atom. The molecule has 1 aliphatic heterocycles. The molecular formula is C26H26F3N3O4S. The van der Waals surface area contributed by atoms with E-state index < -0.39 is 26.7 Å². The minimum atomic E-state index is -4.69.